The topological polar surface area (TPSA) is 66.7 Å². The Labute approximate surface area is 104 Å². The number of rotatable bonds is 4. The van der Waals surface area contributed by atoms with Gasteiger partial charge in [-0.2, -0.15) is 4.98 Å². The molecule has 0 aliphatic heterocycles. The molecule has 0 saturated carbocycles. The minimum absolute atomic E-state index is 0.596. The molecule has 1 aromatic carbocycles. The number of aromatic amines is 1. The van der Waals surface area contributed by atoms with Gasteiger partial charge in [0.2, 0.25) is 5.89 Å². The molecule has 0 amide bonds. The van der Waals surface area contributed by atoms with E-state index >= 15 is 0 Å². The number of aromatic nitrogens is 3. The van der Waals surface area contributed by atoms with E-state index < -0.39 is 0 Å². The summed E-state index contributed by atoms with van der Waals surface area (Å²) in [5, 5.41) is 8.39. The predicted molar refractivity (Wildman–Crippen MR) is 67.9 cm³/mol. The number of nitrogens with zero attached hydrogens (tertiary/aromatic N) is 2. The van der Waals surface area contributed by atoms with Gasteiger partial charge in [-0.1, -0.05) is 23.4 Å². The predicted octanol–water partition coefficient (Wildman–Crippen LogP) is 2.15. The van der Waals surface area contributed by atoms with E-state index in [-0.39, 0.29) is 0 Å². The molecule has 0 fully saturated rings. The monoisotopic (exact) mass is 242 g/mol. The molecule has 18 heavy (non-hydrogen) atoms. The van der Waals surface area contributed by atoms with Gasteiger partial charge in [-0.25, -0.2) is 0 Å². The molecule has 2 aromatic heterocycles. The van der Waals surface area contributed by atoms with E-state index in [4.69, 9.17) is 4.52 Å². The summed E-state index contributed by atoms with van der Waals surface area (Å²) in [6.45, 7) is 3.17. The third kappa shape index (κ3) is 2.12. The van der Waals surface area contributed by atoms with Gasteiger partial charge in [0.05, 0.1) is 6.54 Å². The van der Waals surface area contributed by atoms with E-state index in [0.717, 1.165) is 12.1 Å². The smallest absolute Gasteiger partial charge is 0.223 e. The van der Waals surface area contributed by atoms with E-state index in [9.17, 15) is 0 Å². The second-order valence-corrected chi connectivity index (χ2v) is 4.19. The third-order valence-electron chi connectivity index (χ3n) is 2.84. The zero-order valence-corrected chi connectivity index (χ0v) is 10.1. The van der Waals surface area contributed by atoms with Gasteiger partial charge in [-0.05, 0) is 11.6 Å². The van der Waals surface area contributed by atoms with Crippen molar-refractivity contribution >= 4 is 10.9 Å². The quantitative estimate of drug-likeness (QED) is 0.735. The van der Waals surface area contributed by atoms with Crippen LogP contribution in [-0.4, -0.2) is 15.1 Å². The molecular weight excluding hydrogens is 228 g/mol. The largest absolute Gasteiger partial charge is 0.361 e. The Bertz CT molecular complexity index is 656. The van der Waals surface area contributed by atoms with Gasteiger partial charge in [0.25, 0.3) is 0 Å². The minimum atomic E-state index is 0.596. The van der Waals surface area contributed by atoms with Crippen LogP contribution in [0.3, 0.4) is 0 Å². The van der Waals surface area contributed by atoms with Crippen LogP contribution in [0.2, 0.25) is 0 Å². The first kappa shape index (κ1) is 11.0. The van der Waals surface area contributed by atoms with Gasteiger partial charge in [0.15, 0.2) is 5.82 Å². The molecule has 2 heterocycles. The number of hydrogen-bond acceptors (Lipinski definition) is 4. The van der Waals surface area contributed by atoms with E-state index in [1.807, 2.05) is 18.3 Å². The number of fused-ring (bicyclic) bond motifs is 1. The van der Waals surface area contributed by atoms with E-state index in [1.165, 1.54) is 10.9 Å². The van der Waals surface area contributed by atoms with Crippen LogP contribution in [0.1, 0.15) is 17.3 Å². The number of aryl methyl sites for hydroxylation is 1. The summed E-state index contributed by atoms with van der Waals surface area (Å²) in [4.78, 5) is 7.39. The Balaban J connectivity index is 1.66. The van der Waals surface area contributed by atoms with Gasteiger partial charge in [-0.3, -0.25) is 0 Å². The summed E-state index contributed by atoms with van der Waals surface area (Å²) in [5.41, 5.74) is 2.40. The molecule has 2 N–H and O–H groups in total. The standard InChI is InChI=1S/C13H14N4O/c1-9-16-13(17-18-9)8-14-6-10-7-15-12-5-3-2-4-11(10)12/h2-5,7,14-15H,6,8H2,1H3. The number of benzene rings is 1. The molecule has 92 valence electrons. The van der Waals surface area contributed by atoms with Gasteiger partial charge in [0.1, 0.15) is 0 Å². The summed E-state index contributed by atoms with van der Waals surface area (Å²) >= 11 is 0. The Hall–Kier alpha value is -2.14. The van der Waals surface area contributed by atoms with Crippen molar-refractivity contribution in [2.24, 2.45) is 0 Å². The first-order valence-electron chi connectivity index (χ1n) is 5.88. The van der Waals surface area contributed by atoms with Crippen LogP contribution in [0.15, 0.2) is 35.0 Å². The second kappa shape index (κ2) is 4.62. The zero-order valence-electron chi connectivity index (χ0n) is 10.1. The lowest BCUT2D eigenvalue weighted by molar-refractivity contribution is 0.385. The molecule has 5 heteroatoms. The Morgan fingerprint density at radius 1 is 1.28 bits per heavy atom. The second-order valence-electron chi connectivity index (χ2n) is 4.19. The normalized spacial score (nSPS) is 11.2. The molecule has 0 spiro atoms. The van der Waals surface area contributed by atoms with Crippen LogP contribution >= 0.6 is 0 Å². The number of nitrogens with one attached hydrogen (secondary N) is 2. The fourth-order valence-electron chi connectivity index (χ4n) is 2.00. The van der Waals surface area contributed by atoms with Gasteiger partial charge in [0, 0.05) is 30.6 Å². The lowest BCUT2D eigenvalue weighted by Gasteiger charge is -2.00. The fourth-order valence-corrected chi connectivity index (χ4v) is 2.00. The van der Waals surface area contributed by atoms with Crippen molar-refractivity contribution < 1.29 is 4.52 Å². The molecule has 0 aliphatic rings. The van der Waals surface area contributed by atoms with Crippen molar-refractivity contribution in [2.45, 2.75) is 20.0 Å². The SMILES string of the molecule is Cc1nc(CNCc2c[nH]c3ccccc23)no1. The first-order valence-corrected chi connectivity index (χ1v) is 5.88. The molecule has 0 aliphatic carbocycles. The lowest BCUT2D eigenvalue weighted by Crippen LogP contribution is -2.13. The maximum Gasteiger partial charge on any atom is 0.223 e. The molecule has 0 radical (unpaired) electrons. The van der Waals surface area contributed by atoms with Crippen molar-refractivity contribution in [1.29, 1.82) is 0 Å². The summed E-state index contributed by atoms with van der Waals surface area (Å²) in [5.74, 6) is 1.28. The number of para-hydroxylation sites is 1. The van der Waals surface area contributed by atoms with Gasteiger partial charge >= 0.3 is 0 Å². The van der Waals surface area contributed by atoms with Crippen LogP contribution in [0.25, 0.3) is 10.9 Å². The Morgan fingerprint density at radius 3 is 3.00 bits per heavy atom. The molecule has 0 atom stereocenters. The minimum Gasteiger partial charge on any atom is -0.361 e. The molecule has 0 bridgehead atoms. The zero-order chi connectivity index (χ0) is 12.4. The van der Waals surface area contributed by atoms with Crippen molar-refractivity contribution in [2.75, 3.05) is 0 Å². The molecule has 3 aromatic rings. The molecule has 5 nitrogen and oxygen atoms in total. The highest BCUT2D eigenvalue weighted by atomic mass is 16.5. The van der Waals surface area contributed by atoms with Crippen molar-refractivity contribution in [3.8, 4) is 0 Å². The Morgan fingerprint density at radius 2 is 2.17 bits per heavy atom. The van der Waals surface area contributed by atoms with E-state index in [0.29, 0.717) is 18.3 Å². The van der Waals surface area contributed by atoms with E-state index in [2.05, 4.69) is 32.6 Å². The highest BCUT2D eigenvalue weighted by molar-refractivity contribution is 5.82. The van der Waals surface area contributed by atoms with Crippen molar-refractivity contribution in [3.05, 3.63) is 47.7 Å². The third-order valence-corrected chi connectivity index (χ3v) is 2.84. The highest BCUT2D eigenvalue weighted by Crippen LogP contribution is 2.17. The average Bonchev–Trinajstić information content (AvgIpc) is 2.97. The maximum absolute atomic E-state index is 4.92. The fraction of sp³-hybridized carbons (Fsp3) is 0.231. The van der Waals surface area contributed by atoms with Crippen LogP contribution in [0.5, 0.6) is 0 Å². The Kier molecular flexibility index (Phi) is 2.82. The first-order chi connectivity index (χ1) is 8.83. The maximum atomic E-state index is 4.92. The summed E-state index contributed by atoms with van der Waals surface area (Å²) < 4.78 is 4.92. The average molecular weight is 242 g/mol. The summed E-state index contributed by atoms with van der Waals surface area (Å²) in [6, 6.07) is 8.25. The molecule has 0 unspecified atom stereocenters. The van der Waals surface area contributed by atoms with Gasteiger partial charge < -0.3 is 14.8 Å². The highest BCUT2D eigenvalue weighted by Gasteiger charge is 2.04. The summed E-state index contributed by atoms with van der Waals surface area (Å²) in [7, 11) is 0. The lowest BCUT2D eigenvalue weighted by atomic mass is 10.2. The molecular formula is C13H14N4O. The van der Waals surface area contributed by atoms with Crippen LogP contribution in [0, 0.1) is 6.92 Å². The van der Waals surface area contributed by atoms with Crippen LogP contribution in [-0.2, 0) is 13.1 Å². The molecule has 0 saturated heterocycles. The van der Waals surface area contributed by atoms with Gasteiger partial charge in [-0.15, -0.1) is 0 Å². The number of hydrogen-bond donors (Lipinski definition) is 2. The summed E-state index contributed by atoms with van der Waals surface area (Å²) in [6.07, 6.45) is 2.03. The molecule has 3 rings (SSSR count). The van der Waals surface area contributed by atoms with E-state index in [1.54, 1.807) is 6.92 Å². The van der Waals surface area contributed by atoms with Crippen LogP contribution in [0.4, 0.5) is 0 Å². The van der Waals surface area contributed by atoms with Crippen molar-refractivity contribution in [1.82, 2.24) is 20.4 Å². The van der Waals surface area contributed by atoms with Crippen molar-refractivity contribution in [3.63, 3.8) is 0 Å². The number of H-pyrrole nitrogens is 1. The van der Waals surface area contributed by atoms with Crippen LogP contribution < -0.4 is 5.32 Å².